The number of ether oxygens (including phenoxy) is 1. The molecule has 1 amide bonds. The smallest absolute Gasteiger partial charge is 0.253 e. The predicted octanol–water partition coefficient (Wildman–Crippen LogP) is 5.72. The highest BCUT2D eigenvalue weighted by molar-refractivity contribution is 7.98. The first-order chi connectivity index (χ1) is 15.1. The third-order valence-corrected chi connectivity index (χ3v) is 6.99. The monoisotopic (exact) mass is 476 g/mol. The maximum Gasteiger partial charge on any atom is 0.253 e. The molecule has 1 aromatic heterocycles. The third-order valence-electron chi connectivity index (χ3n) is 5.39. The number of hydrogen-bond donors (Lipinski definition) is 0. The SMILES string of the molecule is CSCC[C@H]1COC(C)(C)N1C(=O)[C@@H](O[Si](C)(C)C)[C@@H](N=[N+]=[N-])c1cc2ccccc2o1. The van der Waals surface area contributed by atoms with Crippen LogP contribution in [0.15, 0.2) is 39.9 Å². The lowest BCUT2D eigenvalue weighted by Gasteiger charge is -2.39. The Hall–Kier alpha value is -1.97. The van der Waals surface area contributed by atoms with Crippen LogP contribution in [0.1, 0.15) is 32.1 Å². The van der Waals surface area contributed by atoms with Crippen molar-refractivity contribution in [2.75, 3.05) is 18.6 Å². The van der Waals surface area contributed by atoms with Gasteiger partial charge in [-0.2, -0.15) is 11.8 Å². The van der Waals surface area contributed by atoms with Gasteiger partial charge in [-0.3, -0.25) is 4.79 Å². The van der Waals surface area contributed by atoms with Crippen LogP contribution in [0.2, 0.25) is 19.6 Å². The minimum atomic E-state index is -2.21. The second kappa shape index (κ2) is 9.89. The number of azide groups is 1. The highest BCUT2D eigenvalue weighted by Crippen LogP contribution is 2.36. The van der Waals surface area contributed by atoms with Crippen LogP contribution >= 0.6 is 11.8 Å². The lowest BCUT2D eigenvalue weighted by atomic mass is 10.0. The molecule has 1 aliphatic heterocycles. The molecule has 1 aromatic carbocycles. The van der Waals surface area contributed by atoms with Crippen LogP contribution in [-0.2, 0) is 14.0 Å². The van der Waals surface area contributed by atoms with Gasteiger partial charge in [0, 0.05) is 10.3 Å². The first kappa shape index (κ1) is 24.7. The summed E-state index contributed by atoms with van der Waals surface area (Å²) in [4.78, 5) is 18.8. The van der Waals surface area contributed by atoms with Gasteiger partial charge in [0.1, 0.15) is 29.2 Å². The number of fused-ring (bicyclic) bond motifs is 1. The highest BCUT2D eigenvalue weighted by Gasteiger charge is 2.48. The zero-order valence-electron chi connectivity index (χ0n) is 19.6. The van der Waals surface area contributed by atoms with E-state index >= 15 is 0 Å². The minimum Gasteiger partial charge on any atom is -0.461 e. The van der Waals surface area contributed by atoms with Gasteiger partial charge in [0.2, 0.25) is 0 Å². The van der Waals surface area contributed by atoms with Crippen LogP contribution in [0.5, 0.6) is 0 Å². The molecule has 0 unspecified atom stereocenters. The molecule has 1 saturated heterocycles. The van der Waals surface area contributed by atoms with Crippen molar-refractivity contribution in [2.45, 2.75) is 63.8 Å². The van der Waals surface area contributed by atoms with Crippen LogP contribution in [0, 0.1) is 0 Å². The zero-order chi connectivity index (χ0) is 23.5. The van der Waals surface area contributed by atoms with Gasteiger partial charge in [0.05, 0.1) is 12.6 Å². The van der Waals surface area contributed by atoms with Crippen molar-refractivity contribution in [3.8, 4) is 0 Å². The molecule has 0 bridgehead atoms. The van der Waals surface area contributed by atoms with Crippen LogP contribution in [0.3, 0.4) is 0 Å². The topological polar surface area (TPSA) is 101 Å². The molecular formula is C22H32N4O4SSi. The van der Waals surface area contributed by atoms with E-state index in [0.29, 0.717) is 18.0 Å². The number of nitrogens with zero attached hydrogens (tertiary/aromatic N) is 4. The van der Waals surface area contributed by atoms with Gasteiger partial charge in [-0.05, 0) is 69.6 Å². The van der Waals surface area contributed by atoms with Gasteiger partial charge in [-0.1, -0.05) is 23.3 Å². The van der Waals surface area contributed by atoms with Crippen molar-refractivity contribution < 1.29 is 18.4 Å². The molecule has 10 heteroatoms. The summed E-state index contributed by atoms with van der Waals surface area (Å²) in [5.41, 5.74) is 9.25. The minimum absolute atomic E-state index is 0.0694. The second-order valence-electron chi connectivity index (χ2n) is 9.39. The summed E-state index contributed by atoms with van der Waals surface area (Å²) in [6.07, 6.45) is 1.85. The van der Waals surface area contributed by atoms with Crippen molar-refractivity contribution in [1.29, 1.82) is 0 Å². The summed E-state index contributed by atoms with van der Waals surface area (Å²) in [6.45, 7) is 10.3. The molecule has 3 atom stereocenters. The molecule has 32 heavy (non-hydrogen) atoms. The molecule has 1 fully saturated rings. The molecule has 2 aromatic rings. The number of furan rings is 1. The second-order valence-corrected chi connectivity index (χ2v) is 14.8. The van der Waals surface area contributed by atoms with Crippen molar-refractivity contribution >= 4 is 37.0 Å². The molecular weight excluding hydrogens is 444 g/mol. The highest BCUT2D eigenvalue weighted by atomic mass is 32.2. The molecule has 1 aliphatic rings. The fourth-order valence-electron chi connectivity index (χ4n) is 4.03. The average Bonchev–Trinajstić information content (AvgIpc) is 3.27. The number of carbonyl (C=O) groups is 1. The van der Waals surface area contributed by atoms with Crippen LogP contribution in [0.25, 0.3) is 21.4 Å². The van der Waals surface area contributed by atoms with Crippen LogP contribution in [0.4, 0.5) is 0 Å². The first-order valence-electron chi connectivity index (χ1n) is 10.7. The van der Waals surface area contributed by atoms with Crippen LogP contribution in [-0.4, -0.2) is 55.6 Å². The van der Waals surface area contributed by atoms with Gasteiger partial charge in [-0.15, -0.1) is 0 Å². The Kier molecular flexibility index (Phi) is 7.62. The van der Waals surface area contributed by atoms with E-state index in [2.05, 4.69) is 10.0 Å². The molecule has 2 heterocycles. The van der Waals surface area contributed by atoms with Gasteiger partial charge >= 0.3 is 0 Å². The van der Waals surface area contributed by atoms with Gasteiger partial charge in [0.25, 0.3) is 5.91 Å². The Morgan fingerprint density at radius 1 is 1.41 bits per heavy atom. The van der Waals surface area contributed by atoms with E-state index in [4.69, 9.17) is 13.6 Å². The quantitative estimate of drug-likeness (QED) is 0.199. The summed E-state index contributed by atoms with van der Waals surface area (Å²) >= 11 is 1.73. The Bertz CT molecular complexity index is 966. The normalized spacial score (nSPS) is 20.2. The van der Waals surface area contributed by atoms with Crippen LogP contribution < -0.4 is 0 Å². The average molecular weight is 477 g/mol. The fraction of sp³-hybridized carbons (Fsp3) is 0.591. The predicted molar refractivity (Wildman–Crippen MR) is 130 cm³/mol. The molecule has 0 spiro atoms. The number of thioether (sulfide) groups is 1. The molecule has 0 radical (unpaired) electrons. The molecule has 0 N–H and O–H groups in total. The van der Waals surface area contributed by atoms with E-state index in [1.807, 2.05) is 70.1 Å². The van der Waals surface area contributed by atoms with Crippen molar-refractivity contribution in [3.05, 3.63) is 46.5 Å². The number of rotatable bonds is 9. The van der Waals surface area contributed by atoms with Gasteiger partial charge in [-0.25, -0.2) is 0 Å². The van der Waals surface area contributed by atoms with E-state index in [1.54, 1.807) is 16.7 Å². The summed E-state index contributed by atoms with van der Waals surface area (Å²) in [5.74, 6) is 1.09. The Labute approximate surface area is 194 Å². The number of benzene rings is 1. The molecule has 8 nitrogen and oxygen atoms in total. The zero-order valence-corrected chi connectivity index (χ0v) is 21.4. The number of hydrogen-bond acceptors (Lipinski definition) is 6. The third kappa shape index (κ3) is 5.50. The van der Waals surface area contributed by atoms with E-state index in [-0.39, 0.29) is 11.9 Å². The van der Waals surface area contributed by atoms with E-state index in [1.165, 1.54) is 0 Å². The van der Waals surface area contributed by atoms with Crippen molar-refractivity contribution in [3.63, 3.8) is 0 Å². The standard InChI is InChI=1S/C22H32N4O4SSi/c1-22(2)26(16(14-28-22)11-12-31-3)21(27)20(30-32(4,5)6)19(24-25-23)18-13-15-9-7-8-10-17(15)29-18/h7-10,13,16,19-20H,11-12,14H2,1-6H3/t16-,19-,20-/m0/s1. The first-order valence-corrected chi connectivity index (χ1v) is 15.5. The molecule has 0 aliphatic carbocycles. The largest absolute Gasteiger partial charge is 0.461 e. The number of para-hydroxylation sites is 1. The lowest BCUT2D eigenvalue weighted by molar-refractivity contribution is -0.155. The van der Waals surface area contributed by atoms with Crippen molar-refractivity contribution in [2.24, 2.45) is 5.11 Å². The Morgan fingerprint density at radius 2 is 2.12 bits per heavy atom. The van der Waals surface area contributed by atoms with Crippen molar-refractivity contribution in [1.82, 2.24) is 4.90 Å². The summed E-state index contributed by atoms with van der Waals surface area (Å²) in [5, 5.41) is 4.87. The summed E-state index contributed by atoms with van der Waals surface area (Å²) < 4.78 is 18.4. The lowest BCUT2D eigenvalue weighted by Crippen LogP contribution is -2.55. The Balaban J connectivity index is 2.04. The molecule has 174 valence electrons. The maximum atomic E-state index is 14.0. The van der Waals surface area contributed by atoms with Gasteiger partial charge in [0.15, 0.2) is 8.32 Å². The maximum absolute atomic E-state index is 14.0. The molecule has 3 rings (SSSR count). The summed E-state index contributed by atoms with van der Waals surface area (Å²) in [7, 11) is -2.21. The summed E-state index contributed by atoms with van der Waals surface area (Å²) in [6, 6.07) is 8.37. The fourth-order valence-corrected chi connectivity index (χ4v) is 5.53. The Morgan fingerprint density at radius 3 is 2.75 bits per heavy atom. The van der Waals surface area contributed by atoms with E-state index in [0.717, 1.165) is 17.6 Å². The number of amides is 1. The van der Waals surface area contributed by atoms with E-state index in [9.17, 15) is 10.3 Å². The number of carbonyl (C=O) groups excluding carboxylic acids is 1. The van der Waals surface area contributed by atoms with E-state index < -0.39 is 26.2 Å². The molecule has 0 saturated carbocycles. The van der Waals surface area contributed by atoms with Gasteiger partial charge < -0.3 is 18.5 Å².